The van der Waals surface area contributed by atoms with E-state index >= 15 is 0 Å². The Labute approximate surface area is 210 Å². The monoisotopic (exact) mass is 580 g/mol. The zero-order chi connectivity index (χ0) is 23.3. The van der Waals surface area contributed by atoms with Crippen LogP contribution in [0, 0.1) is 10.5 Å². The van der Waals surface area contributed by atoms with Crippen LogP contribution >= 0.6 is 46.6 Å². The number of halogens is 1. The lowest BCUT2D eigenvalue weighted by Crippen LogP contribution is -2.27. The number of amides is 2. The van der Waals surface area contributed by atoms with Crippen LogP contribution in [0.25, 0.3) is 6.08 Å². The molecule has 0 atom stereocenters. The molecule has 2 aromatic rings. The summed E-state index contributed by atoms with van der Waals surface area (Å²) >= 11 is 8.65. The van der Waals surface area contributed by atoms with Crippen molar-refractivity contribution >= 4 is 74.5 Å². The predicted octanol–water partition coefficient (Wildman–Crippen LogP) is 5.01. The predicted molar refractivity (Wildman–Crippen MR) is 141 cm³/mol. The van der Waals surface area contributed by atoms with Crippen LogP contribution < -0.4 is 14.8 Å². The average molecular weight is 580 g/mol. The largest absolute Gasteiger partial charge is 0.493 e. The molecule has 2 amide bonds. The van der Waals surface area contributed by atoms with Crippen LogP contribution in [0.3, 0.4) is 0 Å². The van der Waals surface area contributed by atoms with Crippen LogP contribution in [0.1, 0.15) is 11.1 Å². The van der Waals surface area contributed by atoms with Crippen molar-refractivity contribution in [1.29, 1.82) is 0 Å². The number of methoxy groups -OCH3 is 1. The molecule has 9 heteroatoms. The van der Waals surface area contributed by atoms with Gasteiger partial charge in [-0.3, -0.25) is 14.5 Å². The minimum Gasteiger partial charge on any atom is -0.493 e. The van der Waals surface area contributed by atoms with Crippen molar-refractivity contribution in [2.75, 3.05) is 25.6 Å². The number of anilines is 1. The highest BCUT2D eigenvalue weighted by molar-refractivity contribution is 14.1. The molecular weight excluding hydrogens is 559 g/mol. The first kappa shape index (κ1) is 24.3. The molecule has 32 heavy (non-hydrogen) atoms. The van der Waals surface area contributed by atoms with E-state index in [-0.39, 0.29) is 18.4 Å². The Morgan fingerprint density at radius 1 is 1.34 bits per heavy atom. The zero-order valence-electron chi connectivity index (χ0n) is 17.5. The Morgan fingerprint density at radius 3 is 2.81 bits per heavy atom. The van der Waals surface area contributed by atoms with E-state index in [9.17, 15) is 9.59 Å². The van der Waals surface area contributed by atoms with Crippen LogP contribution in [0.2, 0.25) is 0 Å². The number of thiocarbonyl (C=S) groups is 1. The number of aryl methyl sites for hydroxylation is 1. The second-order valence-corrected chi connectivity index (χ2v) is 9.66. The first-order valence-corrected chi connectivity index (χ1v) is 11.9. The van der Waals surface area contributed by atoms with Gasteiger partial charge in [0.1, 0.15) is 4.32 Å². The molecule has 0 saturated carbocycles. The molecule has 0 unspecified atom stereocenters. The van der Waals surface area contributed by atoms with Crippen molar-refractivity contribution in [1.82, 2.24) is 4.90 Å². The number of nitrogens with zero attached hydrogens (tertiary/aromatic N) is 1. The number of ether oxygens (including phenoxy) is 2. The Kier molecular flexibility index (Phi) is 8.32. The van der Waals surface area contributed by atoms with Crippen LogP contribution in [0.4, 0.5) is 5.69 Å². The summed E-state index contributed by atoms with van der Waals surface area (Å²) in [5.41, 5.74) is 2.53. The smallest absolute Gasteiger partial charge is 0.266 e. The summed E-state index contributed by atoms with van der Waals surface area (Å²) in [7, 11) is 1.53. The van der Waals surface area contributed by atoms with E-state index < -0.39 is 0 Å². The van der Waals surface area contributed by atoms with Crippen molar-refractivity contribution < 1.29 is 19.1 Å². The summed E-state index contributed by atoms with van der Waals surface area (Å²) in [5, 5.41) is 2.81. The molecule has 1 N–H and O–H groups in total. The molecule has 1 fully saturated rings. The summed E-state index contributed by atoms with van der Waals surface area (Å²) in [6.07, 6.45) is 3.40. The van der Waals surface area contributed by atoms with E-state index in [1.807, 2.05) is 37.3 Å². The van der Waals surface area contributed by atoms with Gasteiger partial charge in [0.15, 0.2) is 18.1 Å². The normalized spacial score (nSPS) is 14.6. The minimum atomic E-state index is -0.275. The van der Waals surface area contributed by atoms with Gasteiger partial charge in [-0.15, -0.1) is 6.58 Å². The minimum absolute atomic E-state index is 0.151. The van der Waals surface area contributed by atoms with Gasteiger partial charge in [0.2, 0.25) is 0 Å². The fraction of sp³-hybridized carbons (Fsp3) is 0.174. The number of nitrogens with one attached hydrogen (secondary N) is 1. The van der Waals surface area contributed by atoms with Crippen LogP contribution in [-0.2, 0) is 9.59 Å². The Morgan fingerprint density at radius 2 is 2.12 bits per heavy atom. The molecule has 0 spiro atoms. The van der Waals surface area contributed by atoms with Crippen LogP contribution in [0.5, 0.6) is 11.5 Å². The summed E-state index contributed by atoms with van der Waals surface area (Å²) in [6, 6.07) is 11.2. The van der Waals surface area contributed by atoms with E-state index in [2.05, 4.69) is 34.5 Å². The third-order valence-electron chi connectivity index (χ3n) is 4.38. The maximum absolute atomic E-state index is 12.6. The van der Waals surface area contributed by atoms with Crippen LogP contribution in [0.15, 0.2) is 54.0 Å². The van der Waals surface area contributed by atoms with Gasteiger partial charge in [-0.2, -0.15) is 0 Å². The van der Waals surface area contributed by atoms with Crippen LogP contribution in [-0.4, -0.2) is 41.3 Å². The van der Waals surface area contributed by atoms with Crippen molar-refractivity contribution in [3.63, 3.8) is 0 Å². The second-order valence-electron chi connectivity index (χ2n) is 6.82. The standard InChI is InChI=1S/C23H21IN2O4S2/c1-4-8-26-22(28)19(32-23(26)31)12-15-10-17(24)21(18(11-15)29-3)30-13-20(27)25-16-7-5-6-14(2)9-16/h4-7,9-12H,1,8,13H2,2-3H3,(H,25,27)/b19-12-. The first-order valence-electron chi connectivity index (χ1n) is 9.55. The number of hydrogen-bond donors (Lipinski definition) is 1. The molecule has 1 aliphatic heterocycles. The first-order chi connectivity index (χ1) is 15.3. The number of carbonyl (C=O) groups is 2. The van der Waals surface area contributed by atoms with Gasteiger partial charge in [-0.1, -0.05) is 42.2 Å². The zero-order valence-corrected chi connectivity index (χ0v) is 21.3. The number of carbonyl (C=O) groups excluding carboxylic acids is 2. The molecule has 3 rings (SSSR count). The molecule has 1 aliphatic rings. The van der Waals surface area contributed by atoms with Crippen molar-refractivity contribution in [2.24, 2.45) is 0 Å². The number of thioether (sulfide) groups is 1. The molecule has 1 heterocycles. The van der Waals surface area contributed by atoms with Gasteiger partial charge >= 0.3 is 0 Å². The third-order valence-corrected chi connectivity index (χ3v) is 6.56. The van der Waals surface area contributed by atoms with Gasteiger partial charge in [-0.05, 0) is 71.0 Å². The lowest BCUT2D eigenvalue weighted by atomic mass is 10.2. The van der Waals surface area contributed by atoms with Gasteiger partial charge in [0.25, 0.3) is 11.8 Å². The molecule has 0 aromatic heterocycles. The maximum atomic E-state index is 12.6. The molecule has 0 bridgehead atoms. The number of benzene rings is 2. The van der Waals surface area contributed by atoms with E-state index in [1.165, 1.54) is 23.8 Å². The highest BCUT2D eigenvalue weighted by atomic mass is 127. The molecule has 6 nitrogen and oxygen atoms in total. The maximum Gasteiger partial charge on any atom is 0.266 e. The Balaban J connectivity index is 1.74. The van der Waals surface area contributed by atoms with E-state index in [0.717, 1.165) is 14.7 Å². The van der Waals surface area contributed by atoms with E-state index in [0.29, 0.717) is 33.0 Å². The fourth-order valence-electron chi connectivity index (χ4n) is 2.96. The Hall–Kier alpha value is -2.37. The highest BCUT2D eigenvalue weighted by Crippen LogP contribution is 2.37. The lowest BCUT2D eigenvalue weighted by molar-refractivity contribution is -0.121. The molecule has 2 aromatic carbocycles. The topological polar surface area (TPSA) is 67.9 Å². The SMILES string of the molecule is C=CCN1C(=O)/C(=C/c2cc(I)c(OCC(=O)Nc3cccc(C)c3)c(OC)c2)SC1=S. The quantitative estimate of drug-likeness (QED) is 0.205. The Bertz CT molecular complexity index is 1120. The third kappa shape index (κ3) is 5.90. The summed E-state index contributed by atoms with van der Waals surface area (Å²) in [4.78, 5) is 26.9. The lowest BCUT2D eigenvalue weighted by Gasteiger charge is -2.14. The van der Waals surface area contributed by atoms with E-state index in [4.69, 9.17) is 21.7 Å². The molecular formula is C23H21IN2O4S2. The summed E-state index contributed by atoms with van der Waals surface area (Å²) in [5.74, 6) is 0.502. The molecule has 0 aliphatic carbocycles. The number of rotatable bonds is 8. The summed E-state index contributed by atoms with van der Waals surface area (Å²) < 4.78 is 12.5. The second kappa shape index (κ2) is 11.0. The van der Waals surface area contributed by atoms with Gasteiger partial charge in [0.05, 0.1) is 15.6 Å². The molecule has 166 valence electrons. The fourth-order valence-corrected chi connectivity index (χ4v) is 5.01. The van der Waals surface area contributed by atoms with Crippen molar-refractivity contribution in [3.05, 3.63) is 68.7 Å². The van der Waals surface area contributed by atoms with Gasteiger partial charge < -0.3 is 14.8 Å². The number of hydrogen-bond acceptors (Lipinski definition) is 6. The van der Waals surface area contributed by atoms with Crippen molar-refractivity contribution in [3.8, 4) is 11.5 Å². The van der Waals surface area contributed by atoms with Gasteiger partial charge in [0, 0.05) is 12.2 Å². The van der Waals surface area contributed by atoms with E-state index in [1.54, 1.807) is 18.2 Å². The molecule has 0 radical (unpaired) electrons. The summed E-state index contributed by atoms with van der Waals surface area (Å²) in [6.45, 7) is 5.83. The molecule has 1 saturated heterocycles. The highest BCUT2D eigenvalue weighted by Gasteiger charge is 2.31. The average Bonchev–Trinajstić information content (AvgIpc) is 3.00. The van der Waals surface area contributed by atoms with Gasteiger partial charge in [-0.25, -0.2) is 0 Å². The van der Waals surface area contributed by atoms with Crippen molar-refractivity contribution in [2.45, 2.75) is 6.92 Å².